The average molecular weight is 272 g/mol. The molecule has 0 aliphatic carbocycles. The molecule has 2 aliphatic heterocycles. The van der Waals surface area contributed by atoms with Crippen molar-refractivity contribution in [1.29, 1.82) is 0 Å². The zero-order valence-electron chi connectivity index (χ0n) is 12.3. The fraction of sp³-hybridized carbons (Fsp3) is 0.588. The third kappa shape index (κ3) is 2.59. The number of piperidine rings is 1. The number of amides is 1. The summed E-state index contributed by atoms with van der Waals surface area (Å²) in [5.74, 6) is 0.284. The van der Waals surface area contributed by atoms with Crippen molar-refractivity contribution in [3.05, 3.63) is 35.9 Å². The highest BCUT2D eigenvalue weighted by Gasteiger charge is 2.41. The Hall–Kier alpha value is -1.35. The predicted octanol–water partition coefficient (Wildman–Crippen LogP) is 2.32. The van der Waals surface area contributed by atoms with Crippen LogP contribution in [0.4, 0.5) is 0 Å². The van der Waals surface area contributed by atoms with E-state index in [1.807, 2.05) is 30.3 Å². The number of nitrogens with zero attached hydrogens (tertiary/aromatic N) is 2. The van der Waals surface area contributed by atoms with Gasteiger partial charge in [-0.1, -0.05) is 30.3 Å². The van der Waals surface area contributed by atoms with Crippen LogP contribution in [-0.4, -0.2) is 47.9 Å². The van der Waals surface area contributed by atoms with Gasteiger partial charge in [-0.25, -0.2) is 0 Å². The number of hydrogen-bond acceptors (Lipinski definition) is 2. The Balaban J connectivity index is 1.57. The highest BCUT2D eigenvalue weighted by molar-refractivity contribution is 5.78. The van der Waals surface area contributed by atoms with Crippen LogP contribution < -0.4 is 0 Å². The molecule has 0 radical (unpaired) electrons. The number of hydrogen-bond donors (Lipinski definition) is 0. The van der Waals surface area contributed by atoms with E-state index in [2.05, 4.69) is 16.8 Å². The molecule has 108 valence electrons. The van der Waals surface area contributed by atoms with E-state index in [1.165, 1.54) is 19.4 Å². The highest BCUT2D eigenvalue weighted by Crippen LogP contribution is 2.37. The number of rotatable bonds is 2. The Morgan fingerprint density at radius 3 is 2.40 bits per heavy atom. The normalized spacial score (nSPS) is 22.4. The molecule has 1 spiro atoms. The maximum absolute atomic E-state index is 12.4. The van der Waals surface area contributed by atoms with E-state index < -0.39 is 0 Å². The van der Waals surface area contributed by atoms with E-state index in [0.29, 0.717) is 12.0 Å². The summed E-state index contributed by atoms with van der Waals surface area (Å²) in [5.41, 5.74) is 1.51. The lowest BCUT2D eigenvalue weighted by molar-refractivity contribution is -0.132. The summed E-state index contributed by atoms with van der Waals surface area (Å²) in [5, 5.41) is 0. The van der Waals surface area contributed by atoms with E-state index in [4.69, 9.17) is 0 Å². The number of carbonyl (C=O) groups excluding carboxylic acids is 1. The summed E-state index contributed by atoms with van der Waals surface area (Å²) in [6.45, 7) is 3.07. The van der Waals surface area contributed by atoms with E-state index in [1.54, 1.807) is 0 Å². The molecule has 0 atom stereocenters. The van der Waals surface area contributed by atoms with Crippen LogP contribution in [0.25, 0.3) is 0 Å². The van der Waals surface area contributed by atoms with Gasteiger partial charge in [0.1, 0.15) is 0 Å². The molecule has 0 bridgehead atoms. The molecule has 0 aromatic heterocycles. The molecule has 20 heavy (non-hydrogen) atoms. The van der Waals surface area contributed by atoms with Gasteiger partial charge in [0.15, 0.2) is 0 Å². The fourth-order valence-electron chi connectivity index (χ4n) is 3.76. The van der Waals surface area contributed by atoms with Gasteiger partial charge in [-0.15, -0.1) is 0 Å². The summed E-state index contributed by atoms with van der Waals surface area (Å²) in [6.07, 6.45) is 5.45. The molecule has 3 heteroatoms. The molecule has 0 unspecified atom stereocenters. The minimum atomic E-state index is 0.284. The van der Waals surface area contributed by atoms with Gasteiger partial charge in [-0.3, -0.25) is 4.79 Å². The lowest BCUT2D eigenvalue weighted by Crippen LogP contribution is -2.52. The van der Waals surface area contributed by atoms with Crippen LogP contribution in [0, 0.1) is 0 Å². The maximum Gasteiger partial charge on any atom is 0.226 e. The zero-order chi connectivity index (χ0) is 14.0. The van der Waals surface area contributed by atoms with Crippen LogP contribution in [0.15, 0.2) is 30.3 Å². The molecule has 3 rings (SSSR count). The summed E-state index contributed by atoms with van der Waals surface area (Å²) in [7, 11) is 2.24. The molecule has 2 fully saturated rings. The van der Waals surface area contributed by atoms with E-state index in [-0.39, 0.29) is 5.91 Å². The van der Waals surface area contributed by atoms with E-state index >= 15 is 0 Å². The average Bonchev–Trinajstić information content (AvgIpc) is 2.82. The maximum atomic E-state index is 12.4. The van der Waals surface area contributed by atoms with Gasteiger partial charge in [-0.2, -0.15) is 0 Å². The molecule has 1 amide bonds. The Bertz CT molecular complexity index is 463. The lowest BCUT2D eigenvalue weighted by Gasteiger charge is -2.43. The first-order valence-corrected chi connectivity index (χ1v) is 7.73. The van der Waals surface area contributed by atoms with Crippen LogP contribution in [0.1, 0.15) is 31.2 Å². The largest absolute Gasteiger partial charge is 0.342 e. The van der Waals surface area contributed by atoms with Crippen molar-refractivity contribution in [2.45, 2.75) is 37.6 Å². The van der Waals surface area contributed by atoms with Crippen molar-refractivity contribution < 1.29 is 4.79 Å². The van der Waals surface area contributed by atoms with Gasteiger partial charge in [0.05, 0.1) is 6.42 Å². The highest BCUT2D eigenvalue weighted by atomic mass is 16.2. The Morgan fingerprint density at radius 2 is 1.80 bits per heavy atom. The van der Waals surface area contributed by atoms with Crippen molar-refractivity contribution in [2.75, 3.05) is 26.7 Å². The third-order valence-electron chi connectivity index (χ3n) is 5.19. The first-order valence-electron chi connectivity index (χ1n) is 7.73. The van der Waals surface area contributed by atoms with Crippen LogP contribution in [0.3, 0.4) is 0 Å². The minimum Gasteiger partial charge on any atom is -0.342 e. The van der Waals surface area contributed by atoms with Crippen LogP contribution >= 0.6 is 0 Å². The molecule has 3 nitrogen and oxygen atoms in total. The molecule has 1 aromatic carbocycles. The first-order chi connectivity index (χ1) is 9.70. The third-order valence-corrected chi connectivity index (χ3v) is 5.19. The Morgan fingerprint density at radius 1 is 1.10 bits per heavy atom. The Labute approximate surface area is 121 Å². The molecule has 2 aliphatic rings. The molecule has 1 aromatic rings. The quantitative estimate of drug-likeness (QED) is 0.825. The van der Waals surface area contributed by atoms with Gasteiger partial charge in [0, 0.05) is 18.6 Å². The van der Waals surface area contributed by atoms with E-state index in [0.717, 1.165) is 31.5 Å². The van der Waals surface area contributed by atoms with Crippen LogP contribution in [-0.2, 0) is 11.2 Å². The first kappa shape index (κ1) is 13.6. The second kappa shape index (κ2) is 5.57. The van der Waals surface area contributed by atoms with Gasteiger partial charge >= 0.3 is 0 Å². The predicted molar refractivity (Wildman–Crippen MR) is 80.6 cm³/mol. The second-order valence-electron chi connectivity index (χ2n) is 6.29. The molecular weight excluding hydrogens is 248 g/mol. The SMILES string of the molecule is CN1CCCC12CCN(C(=O)Cc1ccccc1)CC2. The van der Waals surface area contributed by atoms with Crippen LogP contribution in [0.5, 0.6) is 0 Å². The van der Waals surface area contributed by atoms with Crippen molar-refractivity contribution in [2.24, 2.45) is 0 Å². The smallest absolute Gasteiger partial charge is 0.226 e. The second-order valence-corrected chi connectivity index (χ2v) is 6.29. The van der Waals surface area contributed by atoms with Gasteiger partial charge < -0.3 is 9.80 Å². The van der Waals surface area contributed by atoms with Gasteiger partial charge in [0.2, 0.25) is 5.91 Å². The summed E-state index contributed by atoms with van der Waals surface area (Å²) in [4.78, 5) is 16.9. The summed E-state index contributed by atoms with van der Waals surface area (Å²) < 4.78 is 0. The lowest BCUT2D eigenvalue weighted by atomic mass is 9.85. The molecule has 2 saturated heterocycles. The number of likely N-dealkylation sites (tertiary alicyclic amines) is 2. The summed E-state index contributed by atoms with van der Waals surface area (Å²) >= 11 is 0. The fourth-order valence-corrected chi connectivity index (χ4v) is 3.76. The zero-order valence-corrected chi connectivity index (χ0v) is 12.3. The standard InChI is InChI=1S/C17H24N2O/c1-18-11-5-8-17(18)9-12-19(13-10-17)16(20)14-15-6-3-2-4-7-15/h2-4,6-7H,5,8-14H2,1H3. The summed E-state index contributed by atoms with van der Waals surface area (Å²) in [6, 6.07) is 10.1. The molecule has 0 N–H and O–H groups in total. The molecular formula is C17H24N2O. The van der Waals surface area contributed by atoms with Gasteiger partial charge in [-0.05, 0) is 44.8 Å². The van der Waals surface area contributed by atoms with Gasteiger partial charge in [0.25, 0.3) is 0 Å². The topological polar surface area (TPSA) is 23.6 Å². The van der Waals surface area contributed by atoms with Crippen molar-refractivity contribution in [1.82, 2.24) is 9.80 Å². The van der Waals surface area contributed by atoms with Crippen molar-refractivity contribution in [3.8, 4) is 0 Å². The number of carbonyl (C=O) groups is 1. The number of benzene rings is 1. The van der Waals surface area contributed by atoms with Crippen molar-refractivity contribution >= 4 is 5.91 Å². The van der Waals surface area contributed by atoms with Crippen molar-refractivity contribution in [3.63, 3.8) is 0 Å². The molecule has 2 heterocycles. The molecule has 0 saturated carbocycles. The van der Waals surface area contributed by atoms with E-state index in [9.17, 15) is 4.79 Å². The Kier molecular flexibility index (Phi) is 3.79. The minimum absolute atomic E-state index is 0.284. The monoisotopic (exact) mass is 272 g/mol. The van der Waals surface area contributed by atoms with Crippen LogP contribution in [0.2, 0.25) is 0 Å².